The Labute approximate surface area is 333 Å². The number of hydrogen-bond donors (Lipinski definition) is 0. The van der Waals surface area contributed by atoms with Gasteiger partial charge in [0.2, 0.25) is 0 Å². The van der Waals surface area contributed by atoms with Crippen LogP contribution in [0, 0.1) is 0 Å². The summed E-state index contributed by atoms with van der Waals surface area (Å²) in [6.45, 7) is 0. The second-order valence-electron chi connectivity index (χ2n) is 14.9. The van der Waals surface area contributed by atoms with Crippen LogP contribution in [0.2, 0.25) is 0 Å². The first-order chi connectivity index (χ1) is 28.3. The molecule has 0 aliphatic carbocycles. The quantitative estimate of drug-likeness (QED) is 0.166. The zero-order valence-electron chi connectivity index (χ0n) is 30.9. The number of thiophene rings is 1. The van der Waals surface area contributed by atoms with Crippen LogP contribution in [0.3, 0.4) is 0 Å². The molecule has 266 valence electrons. The lowest BCUT2D eigenvalue weighted by atomic mass is 9.97. The molecule has 0 aliphatic heterocycles. The monoisotopic (exact) mass is 742 g/mol. The van der Waals surface area contributed by atoms with E-state index in [1.165, 1.54) is 103 Å². The number of fused-ring (bicyclic) bond motifs is 9. The van der Waals surface area contributed by atoms with Crippen LogP contribution in [-0.2, 0) is 0 Å². The summed E-state index contributed by atoms with van der Waals surface area (Å²) in [5, 5.41) is 7.65. The molecule has 57 heavy (non-hydrogen) atoms. The molecule has 0 radical (unpaired) electrons. The van der Waals surface area contributed by atoms with Crippen molar-refractivity contribution in [2.24, 2.45) is 0 Å². The van der Waals surface area contributed by atoms with Gasteiger partial charge in [-0.25, -0.2) is 0 Å². The summed E-state index contributed by atoms with van der Waals surface area (Å²) in [7, 11) is 0. The van der Waals surface area contributed by atoms with Crippen molar-refractivity contribution >= 4 is 75.1 Å². The van der Waals surface area contributed by atoms with Crippen LogP contribution in [0.25, 0.3) is 109 Å². The van der Waals surface area contributed by atoms with Gasteiger partial charge in [-0.3, -0.25) is 0 Å². The van der Waals surface area contributed by atoms with Gasteiger partial charge in [-0.2, -0.15) is 0 Å². The average molecular weight is 743 g/mol. The smallest absolute Gasteiger partial charge is 0.0547 e. The van der Waals surface area contributed by atoms with Crippen molar-refractivity contribution in [3.63, 3.8) is 0 Å². The van der Waals surface area contributed by atoms with E-state index in [0.29, 0.717) is 0 Å². The van der Waals surface area contributed by atoms with Crippen LogP contribution in [0.5, 0.6) is 0 Å². The Bertz CT molecular complexity index is 3490. The Morgan fingerprint density at radius 3 is 1.61 bits per heavy atom. The summed E-state index contributed by atoms with van der Waals surface area (Å²) in [6, 6.07) is 75.7. The van der Waals surface area contributed by atoms with Crippen LogP contribution in [0.1, 0.15) is 0 Å². The fourth-order valence-corrected chi connectivity index (χ4v) is 10.2. The van der Waals surface area contributed by atoms with E-state index in [9.17, 15) is 0 Å². The maximum Gasteiger partial charge on any atom is 0.0547 e. The maximum atomic E-state index is 2.44. The molecular formula is C54H34N2S. The molecule has 3 aromatic heterocycles. The van der Waals surface area contributed by atoms with Crippen molar-refractivity contribution < 1.29 is 0 Å². The predicted octanol–water partition coefficient (Wildman–Crippen LogP) is 15.2. The second kappa shape index (κ2) is 12.7. The SMILES string of the molecule is c1ccc(-c2ccc(-n3c4ccc(-c5ccc6c(c5)c5ccccc5n6-c5ccc6sc7ccccc7c6c5)cc4c4c(-c5ccccc5)cccc43)cc2)cc1. The minimum atomic E-state index is 1.15. The second-order valence-corrected chi connectivity index (χ2v) is 16.0. The standard InChI is InChI=1S/C54H34N2S/c1-3-12-35(13-4-1)36-22-26-40(27-23-36)55-50-30-25-39(33-47(50)54-42(18-11-20-51(54)55)37-14-5-2-6-15-37)38-24-29-49-45(32-38)43-16-7-9-19-48(43)56(49)41-28-31-53-46(34-41)44-17-8-10-21-52(44)57-53/h1-34H. The van der Waals surface area contributed by atoms with Crippen molar-refractivity contribution in [3.05, 3.63) is 206 Å². The van der Waals surface area contributed by atoms with Gasteiger partial charge in [0.1, 0.15) is 0 Å². The lowest BCUT2D eigenvalue weighted by Crippen LogP contribution is -1.94. The lowest BCUT2D eigenvalue weighted by Gasteiger charge is -2.10. The molecule has 0 atom stereocenters. The molecule has 3 heteroatoms. The van der Waals surface area contributed by atoms with Crippen molar-refractivity contribution in [2.45, 2.75) is 0 Å². The fourth-order valence-electron chi connectivity index (χ4n) is 9.10. The molecule has 12 rings (SSSR count). The first-order valence-electron chi connectivity index (χ1n) is 19.5. The minimum absolute atomic E-state index is 1.15. The Morgan fingerprint density at radius 1 is 0.281 bits per heavy atom. The number of nitrogens with zero attached hydrogens (tertiary/aromatic N) is 2. The molecule has 0 unspecified atom stereocenters. The van der Waals surface area contributed by atoms with Crippen LogP contribution in [0.15, 0.2) is 206 Å². The summed E-state index contributed by atoms with van der Waals surface area (Å²) in [4.78, 5) is 0. The molecule has 0 bridgehead atoms. The third-order valence-electron chi connectivity index (χ3n) is 11.7. The Balaban J connectivity index is 1.05. The first-order valence-corrected chi connectivity index (χ1v) is 20.3. The van der Waals surface area contributed by atoms with Crippen LogP contribution in [-0.4, -0.2) is 9.13 Å². The van der Waals surface area contributed by atoms with E-state index in [4.69, 9.17) is 0 Å². The summed E-state index contributed by atoms with van der Waals surface area (Å²) in [5.41, 5.74) is 14.5. The van der Waals surface area contributed by atoms with Gasteiger partial charge in [0.05, 0.1) is 22.1 Å². The van der Waals surface area contributed by atoms with Gasteiger partial charge in [-0.05, 0) is 106 Å². The summed E-state index contributed by atoms with van der Waals surface area (Å²) in [5.74, 6) is 0. The van der Waals surface area contributed by atoms with Gasteiger partial charge < -0.3 is 9.13 Å². The first kappa shape index (κ1) is 32.1. The van der Waals surface area contributed by atoms with Crippen LogP contribution >= 0.6 is 11.3 Å². The van der Waals surface area contributed by atoms with Crippen molar-refractivity contribution in [1.29, 1.82) is 0 Å². The molecule has 0 N–H and O–H groups in total. The molecule has 0 amide bonds. The topological polar surface area (TPSA) is 9.86 Å². The predicted molar refractivity (Wildman–Crippen MR) is 244 cm³/mol. The van der Waals surface area contributed by atoms with Crippen LogP contribution < -0.4 is 0 Å². The highest BCUT2D eigenvalue weighted by Gasteiger charge is 2.19. The molecule has 0 saturated heterocycles. The molecular weight excluding hydrogens is 709 g/mol. The highest BCUT2D eigenvalue weighted by Crippen LogP contribution is 2.42. The van der Waals surface area contributed by atoms with E-state index < -0.39 is 0 Å². The van der Waals surface area contributed by atoms with Gasteiger partial charge in [-0.15, -0.1) is 11.3 Å². The lowest BCUT2D eigenvalue weighted by molar-refractivity contribution is 1.18. The molecule has 0 fully saturated rings. The van der Waals surface area contributed by atoms with E-state index in [0.717, 1.165) is 5.69 Å². The number of rotatable bonds is 5. The summed E-state index contributed by atoms with van der Waals surface area (Å²) in [6.07, 6.45) is 0. The molecule has 12 aromatic rings. The molecule has 0 spiro atoms. The Hall–Kier alpha value is -7.20. The van der Waals surface area contributed by atoms with E-state index in [-0.39, 0.29) is 0 Å². The van der Waals surface area contributed by atoms with Gasteiger partial charge in [0.25, 0.3) is 0 Å². The fraction of sp³-hybridized carbons (Fsp3) is 0. The highest BCUT2D eigenvalue weighted by molar-refractivity contribution is 7.25. The molecule has 2 nitrogen and oxygen atoms in total. The van der Waals surface area contributed by atoms with Crippen LogP contribution in [0.4, 0.5) is 0 Å². The number of benzene rings is 9. The van der Waals surface area contributed by atoms with Gasteiger partial charge in [0.15, 0.2) is 0 Å². The zero-order valence-corrected chi connectivity index (χ0v) is 31.7. The molecule has 0 aliphatic rings. The molecule has 9 aromatic carbocycles. The summed E-state index contributed by atoms with van der Waals surface area (Å²) < 4.78 is 7.51. The normalized spacial score (nSPS) is 11.9. The largest absolute Gasteiger partial charge is 0.309 e. The third kappa shape index (κ3) is 5.03. The van der Waals surface area contributed by atoms with Gasteiger partial charge in [0, 0.05) is 53.1 Å². The maximum absolute atomic E-state index is 2.44. The van der Waals surface area contributed by atoms with Crippen molar-refractivity contribution in [2.75, 3.05) is 0 Å². The number of para-hydroxylation sites is 1. The number of hydrogen-bond acceptors (Lipinski definition) is 1. The van der Waals surface area contributed by atoms with E-state index in [1.807, 2.05) is 11.3 Å². The van der Waals surface area contributed by atoms with E-state index in [1.54, 1.807) is 0 Å². The number of aromatic nitrogens is 2. The minimum Gasteiger partial charge on any atom is -0.309 e. The van der Waals surface area contributed by atoms with Crippen molar-refractivity contribution in [3.8, 4) is 44.8 Å². The highest BCUT2D eigenvalue weighted by atomic mass is 32.1. The van der Waals surface area contributed by atoms with E-state index >= 15 is 0 Å². The Morgan fingerprint density at radius 2 is 0.825 bits per heavy atom. The average Bonchev–Trinajstić information content (AvgIpc) is 3.94. The van der Waals surface area contributed by atoms with Gasteiger partial charge >= 0.3 is 0 Å². The van der Waals surface area contributed by atoms with E-state index in [2.05, 4.69) is 215 Å². The molecule has 3 heterocycles. The van der Waals surface area contributed by atoms with Gasteiger partial charge in [-0.1, -0.05) is 133 Å². The zero-order chi connectivity index (χ0) is 37.5. The summed E-state index contributed by atoms with van der Waals surface area (Å²) >= 11 is 1.86. The molecule has 0 saturated carbocycles. The third-order valence-corrected chi connectivity index (χ3v) is 12.9. The Kier molecular flexibility index (Phi) is 7.13. The van der Waals surface area contributed by atoms with Crippen molar-refractivity contribution in [1.82, 2.24) is 9.13 Å².